The fourth-order valence-electron chi connectivity index (χ4n) is 2.24. The zero-order valence-electron chi connectivity index (χ0n) is 11.7. The minimum atomic E-state index is -3.32. The first kappa shape index (κ1) is 15.2. The molecule has 3 rings (SSSR count). The van der Waals surface area contributed by atoms with E-state index in [1.165, 1.54) is 4.31 Å². The molecule has 0 saturated carbocycles. The van der Waals surface area contributed by atoms with E-state index in [0.29, 0.717) is 29.6 Å². The third-order valence-electron chi connectivity index (χ3n) is 3.38. The largest absolute Gasteiger partial charge is 0.349 e. The molecule has 1 aromatic carbocycles. The standard InChI is InChI=1S/C14H15ClN4O2S/c15-12-4-1-3-11(7-12)10-22(20,21)19-8-13(9-19)18-14-16-5-2-6-17-14/h1-7,13H,8-10H2,(H,16,17,18). The molecule has 1 aromatic heterocycles. The predicted molar refractivity (Wildman–Crippen MR) is 85.1 cm³/mol. The maximum atomic E-state index is 12.3. The average Bonchev–Trinajstić information content (AvgIpc) is 2.43. The molecule has 0 spiro atoms. The van der Waals surface area contributed by atoms with Crippen LogP contribution in [0.1, 0.15) is 5.56 Å². The Hall–Kier alpha value is -1.70. The number of aromatic nitrogens is 2. The van der Waals surface area contributed by atoms with E-state index in [0.717, 1.165) is 0 Å². The normalized spacial score (nSPS) is 16.2. The van der Waals surface area contributed by atoms with E-state index in [4.69, 9.17) is 11.6 Å². The summed E-state index contributed by atoms with van der Waals surface area (Å²) >= 11 is 5.88. The van der Waals surface area contributed by atoms with E-state index < -0.39 is 10.0 Å². The fourth-order valence-corrected chi connectivity index (χ4v) is 4.05. The number of hydrogen-bond donors (Lipinski definition) is 1. The first-order valence-corrected chi connectivity index (χ1v) is 8.77. The van der Waals surface area contributed by atoms with Crippen LogP contribution in [-0.2, 0) is 15.8 Å². The number of hydrogen-bond acceptors (Lipinski definition) is 5. The Morgan fingerprint density at radius 2 is 1.95 bits per heavy atom. The highest BCUT2D eigenvalue weighted by Gasteiger charge is 2.35. The van der Waals surface area contributed by atoms with E-state index in [1.807, 2.05) is 0 Å². The molecule has 0 radical (unpaired) electrons. The van der Waals surface area contributed by atoms with Gasteiger partial charge in [0.25, 0.3) is 0 Å². The van der Waals surface area contributed by atoms with Crippen molar-refractivity contribution in [2.24, 2.45) is 0 Å². The van der Waals surface area contributed by atoms with E-state index in [-0.39, 0.29) is 11.8 Å². The topological polar surface area (TPSA) is 75.2 Å². The second kappa shape index (κ2) is 6.20. The molecule has 0 bridgehead atoms. The van der Waals surface area contributed by atoms with E-state index in [2.05, 4.69) is 15.3 Å². The molecular formula is C14H15ClN4O2S. The number of nitrogens with one attached hydrogen (secondary N) is 1. The maximum absolute atomic E-state index is 12.3. The minimum absolute atomic E-state index is 0.0385. The van der Waals surface area contributed by atoms with Crippen molar-refractivity contribution in [3.05, 3.63) is 53.3 Å². The van der Waals surface area contributed by atoms with Crippen molar-refractivity contribution in [2.75, 3.05) is 18.4 Å². The minimum Gasteiger partial charge on any atom is -0.349 e. The van der Waals surface area contributed by atoms with Gasteiger partial charge in [0.1, 0.15) is 0 Å². The number of sulfonamides is 1. The van der Waals surface area contributed by atoms with Crippen LogP contribution in [0.3, 0.4) is 0 Å². The highest BCUT2D eigenvalue weighted by molar-refractivity contribution is 7.88. The van der Waals surface area contributed by atoms with E-state index >= 15 is 0 Å². The smallest absolute Gasteiger partial charge is 0.222 e. The summed E-state index contributed by atoms with van der Waals surface area (Å²) in [5.41, 5.74) is 0.690. The molecule has 0 amide bonds. The van der Waals surface area contributed by atoms with Crippen LogP contribution in [0.2, 0.25) is 5.02 Å². The molecule has 22 heavy (non-hydrogen) atoms. The van der Waals surface area contributed by atoms with Gasteiger partial charge >= 0.3 is 0 Å². The molecule has 1 aliphatic rings. The summed E-state index contributed by atoms with van der Waals surface area (Å²) in [6.07, 6.45) is 3.28. The zero-order valence-corrected chi connectivity index (χ0v) is 13.3. The Balaban J connectivity index is 1.57. The number of nitrogens with zero attached hydrogens (tertiary/aromatic N) is 3. The lowest BCUT2D eigenvalue weighted by molar-refractivity contribution is 0.279. The highest BCUT2D eigenvalue weighted by Crippen LogP contribution is 2.21. The molecule has 0 atom stereocenters. The van der Waals surface area contributed by atoms with Gasteiger partial charge in [0.15, 0.2) is 0 Å². The monoisotopic (exact) mass is 338 g/mol. The van der Waals surface area contributed by atoms with Gasteiger partial charge in [-0.2, -0.15) is 4.31 Å². The lowest BCUT2D eigenvalue weighted by Crippen LogP contribution is -2.57. The fraction of sp³-hybridized carbons (Fsp3) is 0.286. The highest BCUT2D eigenvalue weighted by atomic mass is 35.5. The predicted octanol–water partition coefficient (Wildman–Crippen LogP) is 1.76. The molecule has 1 aliphatic heterocycles. The summed E-state index contributed by atoms with van der Waals surface area (Å²) in [6, 6.07) is 8.68. The lowest BCUT2D eigenvalue weighted by atomic mass is 10.2. The van der Waals surface area contributed by atoms with Crippen LogP contribution in [-0.4, -0.2) is 41.8 Å². The van der Waals surface area contributed by atoms with Gasteiger partial charge in [-0.15, -0.1) is 0 Å². The molecule has 0 aliphatic carbocycles. The summed E-state index contributed by atoms with van der Waals surface area (Å²) in [4.78, 5) is 8.12. The van der Waals surface area contributed by atoms with Crippen LogP contribution in [0.4, 0.5) is 5.95 Å². The molecule has 2 heterocycles. The van der Waals surface area contributed by atoms with Crippen LogP contribution >= 0.6 is 11.6 Å². The first-order valence-electron chi connectivity index (χ1n) is 6.79. The Labute approximate surface area is 134 Å². The Morgan fingerprint density at radius 1 is 1.23 bits per heavy atom. The summed E-state index contributed by atoms with van der Waals surface area (Å²) in [7, 11) is -3.32. The van der Waals surface area contributed by atoms with Crippen molar-refractivity contribution < 1.29 is 8.42 Å². The van der Waals surface area contributed by atoms with Crippen molar-refractivity contribution in [1.29, 1.82) is 0 Å². The number of anilines is 1. The number of benzene rings is 1. The summed E-state index contributed by atoms with van der Waals surface area (Å²) in [6.45, 7) is 0.836. The average molecular weight is 339 g/mol. The van der Waals surface area contributed by atoms with Gasteiger partial charge < -0.3 is 5.32 Å². The van der Waals surface area contributed by atoms with Crippen molar-refractivity contribution in [2.45, 2.75) is 11.8 Å². The molecule has 1 saturated heterocycles. The van der Waals surface area contributed by atoms with Gasteiger partial charge in [0.05, 0.1) is 11.8 Å². The summed E-state index contributed by atoms with van der Waals surface area (Å²) < 4.78 is 26.1. The van der Waals surface area contributed by atoms with Gasteiger partial charge in [-0.05, 0) is 23.8 Å². The van der Waals surface area contributed by atoms with Crippen molar-refractivity contribution in [3.63, 3.8) is 0 Å². The Kier molecular flexibility index (Phi) is 4.28. The van der Waals surface area contributed by atoms with Gasteiger partial charge in [0.2, 0.25) is 16.0 Å². The second-order valence-electron chi connectivity index (χ2n) is 5.12. The molecule has 0 unspecified atom stereocenters. The summed E-state index contributed by atoms with van der Waals surface area (Å²) in [5.74, 6) is 0.474. The van der Waals surface area contributed by atoms with Crippen LogP contribution in [0, 0.1) is 0 Å². The summed E-state index contributed by atoms with van der Waals surface area (Å²) in [5, 5.41) is 3.64. The van der Waals surface area contributed by atoms with Crippen LogP contribution < -0.4 is 5.32 Å². The Morgan fingerprint density at radius 3 is 2.64 bits per heavy atom. The molecule has 2 aromatic rings. The lowest BCUT2D eigenvalue weighted by Gasteiger charge is -2.38. The molecule has 1 N–H and O–H groups in total. The third-order valence-corrected chi connectivity index (χ3v) is 5.40. The van der Waals surface area contributed by atoms with E-state index in [1.54, 1.807) is 42.7 Å². The molecule has 8 heteroatoms. The molecule has 1 fully saturated rings. The van der Waals surface area contributed by atoms with Crippen molar-refractivity contribution in [3.8, 4) is 0 Å². The number of halogens is 1. The first-order chi connectivity index (χ1) is 10.5. The third kappa shape index (κ3) is 3.55. The van der Waals surface area contributed by atoms with E-state index in [9.17, 15) is 8.42 Å². The van der Waals surface area contributed by atoms with Crippen LogP contribution in [0.25, 0.3) is 0 Å². The van der Waals surface area contributed by atoms with Crippen LogP contribution in [0.15, 0.2) is 42.7 Å². The van der Waals surface area contributed by atoms with Gasteiger partial charge in [0, 0.05) is 30.5 Å². The molecule has 6 nitrogen and oxygen atoms in total. The van der Waals surface area contributed by atoms with Gasteiger partial charge in [-0.3, -0.25) is 0 Å². The Bertz CT molecular complexity index is 748. The quantitative estimate of drug-likeness (QED) is 0.899. The SMILES string of the molecule is O=S(=O)(Cc1cccc(Cl)c1)N1CC(Nc2ncccn2)C1. The van der Waals surface area contributed by atoms with Gasteiger partial charge in [-0.25, -0.2) is 18.4 Å². The van der Waals surface area contributed by atoms with Crippen molar-refractivity contribution in [1.82, 2.24) is 14.3 Å². The second-order valence-corrected chi connectivity index (χ2v) is 7.52. The molecular weight excluding hydrogens is 324 g/mol. The van der Waals surface area contributed by atoms with Crippen molar-refractivity contribution >= 4 is 27.6 Å². The van der Waals surface area contributed by atoms with Crippen LogP contribution in [0.5, 0.6) is 0 Å². The number of rotatable bonds is 5. The van der Waals surface area contributed by atoms with Gasteiger partial charge in [-0.1, -0.05) is 23.7 Å². The maximum Gasteiger partial charge on any atom is 0.222 e. The zero-order chi connectivity index (χ0) is 15.6. The molecule has 116 valence electrons.